The van der Waals surface area contributed by atoms with Crippen molar-refractivity contribution in [2.75, 3.05) is 20.2 Å². The fourth-order valence-electron chi connectivity index (χ4n) is 2.92. The molecular weight excluding hydrogens is 300 g/mol. The molecule has 2 atom stereocenters. The zero-order chi connectivity index (χ0) is 15.9. The Kier molecular flexibility index (Phi) is 6.52. The standard InChI is InChI=1S/C17H25ClN2O2/c1-20(17(21)13-5-2-7-15(19)11-13)9-4-10-22-16-8-3-6-14(18)12-16/h3,6,8,12-13,15H,2,4-5,7,9-11,19H2,1H3. The van der Waals surface area contributed by atoms with Gasteiger partial charge in [-0.1, -0.05) is 24.1 Å². The van der Waals surface area contributed by atoms with Gasteiger partial charge in [-0.15, -0.1) is 0 Å². The Bertz CT molecular complexity index is 495. The zero-order valence-electron chi connectivity index (χ0n) is 13.1. The molecule has 2 N–H and O–H groups in total. The van der Waals surface area contributed by atoms with Crippen LogP contribution in [-0.4, -0.2) is 37.0 Å². The summed E-state index contributed by atoms with van der Waals surface area (Å²) in [6, 6.07) is 7.53. The van der Waals surface area contributed by atoms with Crippen molar-refractivity contribution in [3.8, 4) is 5.75 Å². The number of nitrogens with zero attached hydrogens (tertiary/aromatic N) is 1. The number of hydrogen-bond donors (Lipinski definition) is 1. The predicted molar refractivity (Wildman–Crippen MR) is 89.1 cm³/mol. The van der Waals surface area contributed by atoms with Crippen LogP contribution in [0.4, 0.5) is 0 Å². The summed E-state index contributed by atoms with van der Waals surface area (Å²) in [7, 11) is 1.86. The SMILES string of the molecule is CN(CCCOc1cccc(Cl)c1)C(=O)C1CCCC(N)C1. The number of rotatable bonds is 6. The van der Waals surface area contributed by atoms with E-state index in [1.165, 1.54) is 0 Å². The molecule has 22 heavy (non-hydrogen) atoms. The average Bonchev–Trinajstić information content (AvgIpc) is 2.50. The van der Waals surface area contributed by atoms with Crippen molar-refractivity contribution in [3.05, 3.63) is 29.3 Å². The number of amides is 1. The molecule has 1 saturated carbocycles. The number of hydrogen-bond acceptors (Lipinski definition) is 3. The maximum Gasteiger partial charge on any atom is 0.225 e. The summed E-state index contributed by atoms with van der Waals surface area (Å²) < 4.78 is 5.64. The third kappa shape index (κ3) is 5.18. The molecule has 0 aliphatic heterocycles. The molecule has 0 saturated heterocycles. The number of nitrogens with two attached hydrogens (primary N) is 1. The summed E-state index contributed by atoms with van der Waals surface area (Å²) in [6.45, 7) is 1.27. The lowest BCUT2D eigenvalue weighted by Gasteiger charge is -2.29. The van der Waals surface area contributed by atoms with Crippen LogP contribution in [0.2, 0.25) is 5.02 Å². The second-order valence-electron chi connectivity index (χ2n) is 6.04. The van der Waals surface area contributed by atoms with Gasteiger partial charge in [-0.05, 0) is 43.9 Å². The predicted octanol–water partition coefficient (Wildman–Crippen LogP) is 3.08. The summed E-state index contributed by atoms with van der Waals surface area (Å²) in [5.41, 5.74) is 5.96. The molecule has 1 fully saturated rings. The first-order chi connectivity index (χ1) is 10.6. The minimum absolute atomic E-state index is 0.0996. The van der Waals surface area contributed by atoms with Crippen molar-refractivity contribution < 1.29 is 9.53 Å². The van der Waals surface area contributed by atoms with E-state index in [4.69, 9.17) is 22.1 Å². The fourth-order valence-corrected chi connectivity index (χ4v) is 3.10. The van der Waals surface area contributed by atoms with E-state index >= 15 is 0 Å². The molecule has 1 aliphatic carbocycles. The van der Waals surface area contributed by atoms with Crippen molar-refractivity contribution in [2.45, 2.75) is 38.1 Å². The minimum atomic E-state index is 0.0996. The van der Waals surface area contributed by atoms with Gasteiger partial charge in [0.2, 0.25) is 5.91 Å². The molecule has 0 heterocycles. The van der Waals surface area contributed by atoms with Crippen LogP contribution in [0.3, 0.4) is 0 Å². The Morgan fingerprint density at radius 2 is 2.27 bits per heavy atom. The quantitative estimate of drug-likeness (QED) is 0.818. The van der Waals surface area contributed by atoms with E-state index < -0.39 is 0 Å². The molecule has 0 spiro atoms. The summed E-state index contributed by atoms with van der Waals surface area (Å²) in [6.07, 6.45) is 4.69. The molecule has 4 nitrogen and oxygen atoms in total. The molecule has 0 bridgehead atoms. The molecule has 1 aromatic rings. The Labute approximate surface area is 137 Å². The highest BCUT2D eigenvalue weighted by Crippen LogP contribution is 2.24. The Hall–Kier alpha value is -1.26. The first kappa shape index (κ1) is 17.1. The number of halogens is 1. The van der Waals surface area contributed by atoms with Crippen molar-refractivity contribution in [1.82, 2.24) is 4.90 Å². The summed E-state index contributed by atoms with van der Waals surface area (Å²) in [4.78, 5) is 14.2. The number of benzene rings is 1. The van der Waals surface area contributed by atoms with Crippen molar-refractivity contribution >= 4 is 17.5 Å². The molecule has 122 valence electrons. The van der Waals surface area contributed by atoms with E-state index in [0.29, 0.717) is 18.2 Å². The van der Waals surface area contributed by atoms with Crippen LogP contribution in [0.25, 0.3) is 0 Å². The number of carbonyl (C=O) groups is 1. The van der Waals surface area contributed by atoms with E-state index in [-0.39, 0.29) is 17.9 Å². The lowest BCUT2D eigenvalue weighted by Crippen LogP contribution is -2.39. The van der Waals surface area contributed by atoms with E-state index in [2.05, 4.69) is 0 Å². The molecule has 0 aromatic heterocycles. The summed E-state index contributed by atoms with van der Waals surface area (Å²) in [5, 5.41) is 0.665. The molecule has 5 heteroatoms. The highest BCUT2D eigenvalue weighted by Gasteiger charge is 2.27. The maximum atomic E-state index is 12.4. The summed E-state index contributed by atoms with van der Waals surface area (Å²) in [5.74, 6) is 1.08. The number of ether oxygens (including phenoxy) is 1. The van der Waals surface area contributed by atoms with Crippen LogP contribution in [0.5, 0.6) is 5.75 Å². The summed E-state index contributed by atoms with van der Waals surface area (Å²) >= 11 is 5.90. The van der Waals surface area contributed by atoms with Gasteiger partial charge in [-0.2, -0.15) is 0 Å². The van der Waals surface area contributed by atoms with Gasteiger partial charge in [0, 0.05) is 30.6 Å². The largest absolute Gasteiger partial charge is 0.493 e. The second kappa shape index (κ2) is 8.39. The van der Waals surface area contributed by atoms with Gasteiger partial charge in [0.25, 0.3) is 0 Å². The molecule has 2 unspecified atom stereocenters. The van der Waals surface area contributed by atoms with Crippen LogP contribution in [0.1, 0.15) is 32.1 Å². The van der Waals surface area contributed by atoms with Gasteiger partial charge in [0.15, 0.2) is 0 Å². The van der Waals surface area contributed by atoms with E-state index in [0.717, 1.165) is 37.9 Å². The zero-order valence-corrected chi connectivity index (χ0v) is 13.9. The van der Waals surface area contributed by atoms with Crippen LogP contribution in [0, 0.1) is 5.92 Å². The van der Waals surface area contributed by atoms with Crippen molar-refractivity contribution in [1.29, 1.82) is 0 Å². The van der Waals surface area contributed by atoms with Crippen LogP contribution in [-0.2, 0) is 4.79 Å². The van der Waals surface area contributed by atoms with E-state index in [1.54, 1.807) is 6.07 Å². The normalized spacial score (nSPS) is 21.4. The fraction of sp³-hybridized carbons (Fsp3) is 0.588. The van der Waals surface area contributed by atoms with Gasteiger partial charge in [-0.3, -0.25) is 4.79 Å². The van der Waals surface area contributed by atoms with Gasteiger partial charge >= 0.3 is 0 Å². The highest BCUT2D eigenvalue weighted by molar-refractivity contribution is 6.30. The molecule has 1 amide bonds. The van der Waals surface area contributed by atoms with Gasteiger partial charge < -0.3 is 15.4 Å². The van der Waals surface area contributed by atoms with E-state index in [1.807, 2.05) is 30.1 Å². The van der Waals surface area contributed by atoms with Gasteiger partial charge in [0.1, 0.15) is 5.75 Å². The van der Waals surface area contributed by atoms with Crippen molar-refractivity contribution in [3.63, 3.8) is 0 Å². The lowest BCUT2D eigenvalue weighted by atomic mass is 9.85. The average molecular weight is 325 g/mol. The third-order valence-corrected chi connectivity index (χ3v) is 4.38. The van der Waals surface area contributed by atoms with Crippen molar-refractivity contribution in [2.24, 2.45) is 11.7 Å². The topological polar surface area (TPSA) is 55.6 Å². The first-order valence-electron chi connectivity index (χ1n) is 7.95. The molecule has 1 aromatic carbocycles. The smallest absolute Gasteiger partial charge is 0.225 e. The van der Waals surface area contributed by atoms with Crippen LogP contribution < -0.4 is 10.5 Å². The third-order valence-electron chi connectivity index (χ3n) is 4.14. The Morgan fingerprint density at radius 1 is 1.45 bits per heavy atom. The van der Waals surface area contributed by atoms with Gasteiger partial charge in [-0.25, -0.2) is 0 Å². The molecule has 1 aliphatic rings. The molecule has 0 radical (unpaired) electrons. The lowest BCUT2D eigenvalue weighted by molar-refractivity contribution is -0.135. The van der Waals surface area contributed by atoms with Crippen LogP contribution in [0.15, 0.2) is 24.3 Å². The number of carbonyl (C=O) groups excluding carboxylic acids is 1. The maximum absolute atomic E-state index is 12.4. The van der Waals surface area contributed by atoms with Gasteiger partial charge in [0.05, 0.1) is 6.61 Å². The molecular formula is C17H25ClN2O2. The Balaban J connectivity index is 1.68. The highest BCUT2D eigenvalue weighted by atomic mass is 35.5. The van der Waals surface area contributed by atoms with E-state index in [9.17, 15) is 4.79 Å². The van der Waals surface area contributed by atoms with Crippen LogP contribution >= 0.6 is 11.6 Å². The molecule has 2 rings (SSSR count). The second-order valence-corrected chi connectivity index (χ2v) is 6.48. The Morgan fingerprint density at radius 3 is 3.00 bits per heavy atom. The monoisotopic (exact) mass is 324 g/mol. The first-order valence-corrected chi connectivity index (χ1v) is 8.33. The minimum Gasteiger partial charge on any atom is -0.493 e.